The summed E-state index contributed by atoms with van der Waals surface area (Å²) in [4.78, 5) is 32.4. The Morgan fingerprint density at radius 3 is 2.73 bits per heavy atom. The third-order valence-electron chi connectivity index (χ3n) is 4.99. The highest BCUT2D eigenvalue weighted by molar-refractivity contribution is 7.14. The molecule has 0 unspecified atom stereocenters. The Labute approximate surface area is 180 Å². The largest absolute Gasteiger partial charge is 0.350 e. The molecule has 1 fully saturated rings. The van der Waals surface area contributed by atoms with Crippen molar-refractivity contribution in [2.45, 2.75) is 39.2 Å². The van der Waals surface area contributed by atoms with Gasteiger partial charge in [0.25, 0.3) is 0 Å². The number of piperidine rings is 1. The molecule has 0 saturated carbocycles. The minimum Gasteiger partial charge on any atom is -0.350 e. The van der Waals surface area contributed by atoms with Gasteiger partial charge in [-0.05, 0) is 44.0 Å². The van der Waals surface area contributed by atoms with Crippen LogP contribution in [0.25, 0.3) is 6.08 Å². The van der Waals surface area contributed by atoms with Crippen molar-refractivity contribution in [1.29, 1.82) is 0 Å². The average Bonchev–Trinajstić information content (AvgIpc) is 3.18. The maximum atomic E-state index is 14.1. The minimum absolute atomic E-state index is 0.155. The summed E-state index contributed by atoms with van der Waals surface area (Å²) in [5.74, 6) is -0.988. The summed E-state index contributed by atoms with van der Waals surface area (Å²) in [6.07, 6.45) is 6.13. The maximum absolute atomic E-state index is 14.1. The molecule has 3 rings (SSSR count). The molecule has 1 aliphatic heterocycles. The topological polar surface area (TPSA) is 65.5 Å². The van der Waals surface area contributed by atoms with Crippen LogP contribution in [0.15, 0.2) is 35.7 Å². The number of anilines is 2. The van der Waals surface area contributed by atoms with Gasteiger partial charge in [-0.15, -0.1) is 11.3 Å². The molecular formula is C22H27FN4O2S. The molecule has 6 nitrogen and oxygen atoms in total. The lowest BCUT2D eigenvalue weighted by Crippen LogP contribution is -2.44. The molecule has 0 bridgehead atoms. The second-order valence-corrected chi connectivity index (χ2v) is 8.16. The van der Waals surface area contributed by atoms with Gasteiger partial charge in [-0.25, -0.2) is 9.37 Å². The first kappa shape index (κ1) is 22.1. The number of hydrogen-bond donors (Lipinski definition) is 1. The molecule has 2 amide bonds. The Balaban J connectivity index is 1.60. The van der Waals surface area contributed by atoms with Crippen LogP contribution in [-0.4, -0.2) is 47.4 Å². The fraction of sp³-hybridized carbons (Fsp3) is 0.409. The fourth-order valence-electron chi connectivity index (χ4n) is 3.52. The maximum Gasteiger partial charge on any atom is 0.244 e. The zero-order valence-electron chi connectivity index (χ0n) is 17.3. The third kappa shape index (κ3) is 5.73. The van der Waals surface area contributed by atoms with Crippen LogP contribution in [-0.2, 0) is 9.59 Å². The molecule has 2 aromatic rings. The molecular weight excluding hydrogens is 403 g/mol. The van der Waals surface area contributed by atoms with Gasteiger partial charge in [-0.2, -0.15) is 0 Å². The first-order chi connectivity index (χ1) is 14.5. The number of nitrogens with zero attached hydrogens (tertiary/aromatic N) is 3. The van der Waals surface area contributed by atoms with Gasteiger partial charge in [0.1, 0.15) is 5.82 Å². The number of thiazole rings is 1. The van der Waals surface area contributed by atoms with Crippen LogP contribution >= 0.6 is 11.3 Å². The van der Waals surface area contributed by atoms with Crippen molar-refractivity contribution in [2.24, 2.45) is 0 Å². The highest BCUT2D eigenvalue weighted by Gasteiger charge is 2.21. The molecule has 1 aliphatic rings. The number of halogens is 1. The number of hydrogen-bond acceptors (Lipinski definition) is 5. The number of carbonyl (C=O) groups excluding carboxylic acids is 2. The monoisotopic (exact) mass is 430 g/mol. The Bertz CT molecular complexity index is 906. The van der Waals surface area contributed by atoms with Crippen molar-refractivity contribution in [2.75, 3.05) is 24.5 Å². The fourth-order valence-corrected chi connectivity index (χ4v) is 4.37. The smallest absolute Gasteiger partial charge is 0.244 e. The van der Waals surface area contributed by atoms with E-state index in [4.69, 9.17) is 0 Å². The Hall–Kier alpha value is -2.58. The zero-order valence-corrected chi connectivity index (χ0v) is 18.1. The summed E-state index contributed by atoms with van der Waals surface area (Å²) < 4.78 is 14.1. The highest BCUT2D eigenvalue weighted by Crippen LogP contribution is 2.30. The van der Waals surface area contributed by atoms with E-state index in [1.165, 1.54) is 41.4 Å². The third-order valence-corrected chi connectivity index (χ3v) is 5.83. The van der Waals surface area contributed by atoms with Crippen molar-refractivity contribution < 1.29 is 14.0 Å². The van der Waals surface area contributed by atoms with E-state index in [1.807, 2.05) is 0 Å². The van der Waals surface area contributed by atoms with Crippen LogP contribution < -0.4 is 10.2 Å². The van der Waals surface area contributed by atoms with E-state index >= 15 is 0 Å². The lowest BCUT2D eigenvalue weighted by atomic mass is 10.0. The van der Waals surface area contributed by atoms with Crippen molar-refractivity contribution in [3.05, 3.63) is 47.2 Å². The van der Waals surface area contributed by atoms with Crippen molar-refractivity contribution in [3.63, 3.8) is 0 Å². The molecule has 8 heteroatoms. The van der Waals surface area contributed by atoms with E-state index in [0.717, 1.165) is 38.9 Å². The van der Waals surface area contributed by atoms with Gasteiger partial charge >= 0.3 is 0 Å². The van der Waals surface area contributed by atoms with Gasteiger partial charge in [-0.1, -0.05) is 19.1 Å². The minimum atomic E-state index is -0.496. The second-order valence-electron chi connectivity index (χ2n) is 7.32. The zero-order chi connectivity index (χ0) is 21.5. The van der Waals surface area contributed by atoms with Gasteiger partial charge in [0, 0.05) is 37.5 Å². The van der Waals surface area contributed by atoms with Gasteiger partial charge in [-0.3, -0.25) is 14.5 Å². The summed E-state index contributed by atoms with van der Waals surface area (Å²) in [7, 11) is 0. The van der Waals surface area contributed by atoms with Crippen molar-refractivity contribution in [3.8, 4) is 0 Å². The number of amides is 2. The number of rotatable bonds is 7. The summed E-state index contributed by atoms with van der Waals surface area (Å²) >= 11 is 1.22. The molecule has 1 N–H and O–H groups in total. The van der Waals surface area contributed by atoms with Gasteiger partial charge < -0.3 is 10.2 Å². The second kappa shape index (κ2) is 10.4. The number of para-hydroxylation sites is 1. The molecule has 30 heavy (non-hydrogen) atoms. The number of nitrogens with one attached hydrogen (secondary N) is 1. The Morgan fingerprint density at radius 1 is 1.33 bits per heavy atom. The average molecular weight is 431 g/mol. The normalized spacial score (nSPS) is 15.4. The first-order valence-electron chi connectivity index (χ1n) is 10.2. The molecule has 2 heterocycles. The van der Waals surface area contributed by atoms with E-state index in [1.54, 1.807) is 23.6 Å². The van der Waals surface area contributed by atoms with Crippen molar-refractivity contribution in [1.82, 2.24) is 15.2 Å². The van der Waals surface area contributed by atoms with Crippen LogP contribution in [0.4, 0.5) is 15.2 Å². The van der Waals surface area contributed by atoms with Crippen molar-refractivity contribution >= 4 is 40.0 Å². The molecule has 0 atom stereocenters. The van der Waals surface area contributed by atoms with Crippen LogP contribution in [0.3, 0.4) is 0 Å². The number of carbonyl (C=O) groups is 2. The molecule has 1 aromatic heterocycles. The molecule has 1 aromatic carbocycles. The lowest BCUT2D eigenvalue weighted by molar-refractivity contribution is -0.117. The first-order valence-corrected chi connectivity index (χ1v) is 11.1. The summed E-state index contributed by atoms with van der Waals surface area (Å²) in [5, 5.41) is 5.13. The van der Waals surface area contributed by atoms with E-state index < -0.39 is 5.82 Å². The molecule has 1 saturated heterocycles. The molecule has 0 radical (unpaired) electrons. The predicted molar refractivity (Wildman–Crippen MR) is 118 cm³/mol. The molecule has 0 aliphatic carbocycles. The highest BCUT2D eigenvalue weighted by atomic mass is 32.1. The summed E-state index contributed by atoms with van der Waals surface area (Å²) in [6, 6.07) is 6.26. The molecule has 160 valence electrons. The van der Waals surface area contributed by atoms with Crippen LogP contribution in [0.5, 0.6) is 0 Å². The summed E-state index contributed by atoms with van der Waals surface area (Å²) in [5.41, 5.74) is 0.701. The van der Waals surface area contributed by atoms with E-state index in [-0.39, 0.29) is 23.5 Å². The number of benzene rings is 1. The standard InChI is InChI=1S/C22H27FN4O2S/c1-3-12-26-13-10-17(11-14-26)24-21(29)9-8-18-15-30-22(25-18)27(16(2)28)20-7-5-4-6-19(20)23/h4-9,15,17H,3,10-14H2,1-2H3,(H,24,29)/b9-8+. The van der Waals surface area contributed by atoms with E-state index in [2.05, 4.69) is 22.1 Å². The number of likely N-dealkylation sites (tertiary alicyclic amines) is 1. The summed E-state index contributed by atoms with van der Waals surface area (Å²) in [6.45, 7) is 6.66. The van der Waals surface area contributed by atoms with Gasteiger partial charge in [0.15, 0.2) is 5.13 Å². The van der Waals surface area contributed by atoms with Gasteiger partial charge in [0.05, 0.1) is 11.4 Å². The molecule has 0 spiro atoms. The Morgan fingerprint density at radius 2 is 2.07 bits per heavy atom. The quantitative estimate of drug-likeness (QED) is 0.675. The van der Waals surface area contributed by atoms with Crippen LogP contribution in [0, 0.1) is 5.82 Å². The van der Waals surface area contributed by atoms with E-state index in [0.29, 0.717) is 10.8 Å². The van der Waals surface area contributed by atoms with Gasteiger partial charge in [0.2, 0.25) is 11.8 Å². The van der Waals surface area contributed by atoms with Crippen LogP contribution in [0.2, 0.25) is 0 Å². The predicted octanol–water partition coefficient (Wildman–Crippen LogP) is 3.97. The number of aromatic nitrogens is 1. The van der Waals surface area contributed by atoms with Crippen LogP contribution in [0.1, 0.15) is 38.8 Å². The SMILES string of the molecule is CCCN1CCC(NC(=O)/C=C/c2csc(N(C(C)=O)c3ccccc3F)n2)CC1. The van der Waals surface area contributed by atoms with E-state index in [9.17, 15) is 14.0 Å². The Kier molecular flexibility index (Phi) is 7.70. The lowest BCUT2D eigenvalue weighted by Gasteiger charge is -2.31.